The van der Waals surface area contributed by atoms with Crippen molar-refractivity contribution in [1.29, 1.82) is 0 Å². The van der Waals surface area contributed by atoms with E-state index in [9.17, 15) is 9.59 Å². The highest BCUT2D eigenvalue weighted by Crippen LogP contribution is 2.29. The summed E-state index contributed by atoms with van der Waals surface area (Å²) in [6.07, 6.45) is 3.03. The molecule has 3 amide bonds. The van der Waals surface area contributed by atoms with Crippen molar-refractivity contribution < 1.29 is 9.59 Å². The van der Waals surface area contributed by atoms with E-state index in [2.05, 4.69) is 5.32 Å². The number of hydrogen-bond donors (Lipinski definition) is 3. The van der Waals surface area contributed by atoms with Crippen molar-refractivity contribution in [3.63, 3.8) is 0 Å². The van der Waals surface area contributed by atoms with Gasteiger partial charge in [0.05, 0.1) is 5.41 Å². The Labute approximate surface area is 114 Å². The Morgan fingerprint density at radius 1 is 1.26 bits per heavy atom. The van der Waals surface area contributed by atoms with Gasteiger partial charge in [-0.15, -0.1) is 0 Å². The van der Waals surface area contributed by atoms with Crippen LogP contribution in [0.4, 0.5) is 4.79 Å². The van der Waals surface area contributed by atoms with Gasteiger partial charge in [0.25, 0.3) is 0 Å². The van der Waals surface area contributed by atoms with Crippen LogP contribution in [0.15, 0.2) is 0 Å². The summed E-state index contributed by atoms with van der Waals surface area (Å²) in [7, 11) is 0. The molecule has 5 N–H and O–H groups in total. The van der Waals surface area contributed by atoms with E-state index in [1.807, 2.05) is 18.7 Å². The van der Waals surface area contributed by atoms with Gasteiger partial charge in [0, 0.05) is 25.7 Å². The Bertz CT molecular complexity index is 312. The van der Waals surface area contributed by atoms with E-state index in [1.54, 1.807) is 0 Å². The molecule has 0 spiro atoms. The normalized spacial score (nSPS) is 17.3. The molecule has 1 aliphatic heterocycles. The van der Waals surface area contributed by atoms with Crippen molar-refractivity contribution in [2.75, 3.05) is 19.6 Å². The second-order valence-electron chi connectivity index (χ2n) is 5.27. The molecular formula is C13H26N4O2. The lowest BCUT2D eigenvalue weighted by Gasteiger charge is -2.39. The molecule has 1 fully saturated rings. The van der Waals surface area contributed by atoms with Crippen LogP contribution in [0.5, 0.6) is 0 Å². The Morgan fingerprint density at radius 3 is 2.16 bits per heavy atom. The Morgan fingerprint density at radius 2 is 1.79 bits per heavy atom. The Kier molecular flexibility index (Phi) is 5.60. The van der Waals surface area contributed by atoms with Crippen LogP contribution in [-0.2, 0) is 4.79 Å². The highest BCUT2D eigenvalue weighted by molar-refractivity contribution is 5.83. The van der Waals surface area contributed by atoms with Crippen molar-refractivity contribution >= 4 is 11.9 Å². The maximum Gasteiger partial charge on any atom is 0.312 e. The molecular weight excluding hydrogens is 244 g/mol. The average molecular weight is 270 g/mol. The molecule has 0 saturated carbocycles. The lowest BCUT2D eigenvalue weighted by atomic mass is 9.80. The standard InChI is InChI=1S/C13H26N4O2/c1-3-13(4-2,9-14)11(18)17-7-5-10(6-8-17)16-12(15)19/h10H,3-9,14H2,1-2H3,(H3,15,16,19). The molecule has 0 bridgehead atoms. The number of piperidine rings is 1. The van der Waals surface area contributed by atoms with Crippen molar-refractivity contribution in [3.8, 4) is 0 Å². The minimum Gasteiger partial charge on any atom is -0.352 e. The quantitative estimate of drug-likeness (QED) is 0.674. The summed E-state index contributed by atoms with van der Waals surface area (Å²) in [5, 5.41) is 2.70. The summed E-state index contributed by atoms with van der Waals surface area (Å²) in [4.78, 5) is 25.2. The fraction of sp³-hybridized carbons (Fsp3) is 0.846. The number of rotatable bonds is 5. The van der Waals surface area contributed by atoms with E-state index < -0.39 is 11.4 Å². The maximum atomic E-state index is 12.6. The van der Waals surface area contributed by atoms with Crippen LogP contribution in [0.25, 0.3) is 0 Å². The molecule has 0 aliphatic carbocycles. The number of urea groups is 1. The predicted octanol–water partition coefficient (Wildman–Crippen LogP) is 0.411. The van der Waals surface area contributed by atoms with E-state index >= 15 is 0 Å². The molecule has 0 radical (unpaired) electrons. The Hall–Kier alpha value is -1.30. The van der Waals surface area contributed by atoms with Crippen molar-refractivity contribution in [2.24, 2.45) is 16.9 Å². The van der Waals surface area contributed by atoms with Gasteiger partial charge < -0.3 is 21.7 Å². The highest BCUT2D eigenvalue weighted by Gasteiger charge is 2.38. The summed E-state index contributed by atoms with van der Waals surface area (Å²) >= 11 is 0. The molecule has 1 aliphatic rings. The first-order valence-electron chi connectivity index (χ1n) is 7.04. The first kappa shape index (κ1) is 15.8. The van der Waals surface area contributed by atoms with Gasteiger partial charge >= 0.3 is 6.03 Å². The maximum absolute atomic E-state index is 12.6. The van der Waals surface area contributed by atoms with Gasteiger partial charge in [0.15, 0.2) is 0 Å². The monoisotopic (exact) mass is 270 g/mol. The minimum absolute atomic E-state index is 0.0806. The van der Waals surface area contributed by atoms with Gasteiger partial charge in [-0.1, -0.05) is 13.8 Å². The van der Waals surface area contributed by atoms with Crippen LogP contribution in [-0.4, -0.2) is 42.5 Å². The molecule has 110 valence electrons. The SMILES string of the molecule is CCC(CC)(CN)C(=O)N1CCC(NC(N)=O)CC1. The third-order valence-corrected chi connectivity index (χ3v) is 4.33. The first-order chi connectivity index (χ1) is 8.99. The minimum atomic E-state index is -0.497. The van der Waals surface area contributed by atoms with E-state index in [-0.39, 0.29) is 11.9 Å². The van der Waals surface area contributed by atoms with Crippen LogP contribution < -0.4 is 16.8 Å². The van der Waals surface area contributed by atoms with Crippen LogP contribution in [0, 0.1) is 5.41 Å². The Balaban J connectivity index is 2.59. The lowest BCUT2D eigenvalue weighted by Crippen LogP contribution is -2.53. The zero-order valence-corrected chi connectivity index (χ0v) is 11.9. The smallest absolute Gasteiger partial charge is 0.312 e. The summed E-state index contributed by atoms with van der Waals surface area (Å²) < 4.78 is 0. The van der Waals surface area contributed by atoms with Gasteiger partial charge in [0.2, 0.25) is 5.91 Å². The lowest BCUT2D eigenvalue weighted by molar-refractivity contribution is -0.143. The number of nitrogens with two attached hydrogens (primary N) is 2. The molecule has 1 saturated heterocycles. The van der Waals surface area contributed by atoms with Crippen LogP contribution in [0.2, 0.25) is 0 Å². The van der Waals surface area contributed by atoms with Gasteiger partial charge in [0.1, 0.15) is 0 Å². The molecule has 6 nitrogen and oxygen atoms in total. The zero-order valence-electron chi connectivity index (χ0n) is 11.9. The van der Waals surface area contributed by atoms with Gasteiger partial charge in [-0.3, -0.25) is 4.79 Å². The number of carbonyl (C=O) groups is 2. The van der Waals surface area contributed by atoms with E-state index in [1.165, 1.54) is 0 Å². The largest absolute Gasteiger partial charge is 0.352 e. The van der Waals surface area contributed by atoms with Gasteiger partial charge in [-0.05, 0) is 25.7 Å². The molecule has 0 aromatic carbocycles. The number of carbonyl (C=O) groups excluding carboxylic acids is 2. The number of hydrogen-bond acceptors (Lipinski definition) is 3. The molecule has 1 rings (SSSR count). The number of nitrogens with one attached hydrogen (secondary N) is 1. The van der Waals surface area contributed by atoms with E-state index in [4.69, 9.17) is 11.5 Å². The van der Waals surface area contributed by atoms with E-state index in [0.29, 0.717) is 19.6 Å². The molecule has 0 atom stereocenters. The average Bonchev–Trinajstić information content (AvgIpc) is 2.41. The van der Waals surface area contributed by atoms with Crippen LogP contribution in [0.3, 0.4) is 0 Å². The third kappa shape index (κ3) is 3.59. The van der Waals surface area contributed by atoms with Crippen molar-refractivity contribution in [2.45, 2.75) is 45.6 Å². The first-order valence-corrected chi connectivity index (χ1v) is 7.04. The van der Waals surface area contributed by atoms with E-state index in [0.717, 1.165) is 25.7 Å². The zero-order chi connectivity index (χ0) is 14.5. The van der Waals surface area contributed by atoms with Gasteiger partial charge in [-0.25, -0.2) is 4.79 Å². The number of primary amides is 1. The second-order valence-corrected chi connectivity index (χ2v) is 5.27. The fourth-order valence-corrected chi connectivity index (χ4v) is 2.69. The summed E-state index contributed by atoms with van der Waals surface area (Å²) in [6.45, 7) is 5.72. The number of nitrogens with zero attached hydrogens (tertiary/aromatic N) is 1. The fourth-order valence-electron chi connectivity index (χ4n) is 2.69. The molecule has 0 unspecified atom stereocenters. The predicted molar refractivity (Wildman–Crippen MR) is 74.4 cm³/mol. The van der Waals surface area contributed by atoms with Gasteiger partial charge in [-0.2, -0.15) is 0 Å². The van der Waals surface area contributed by atoms with Crippen LogP contribution >= 0.6 is 0 Å². The summed E-state index contributed by atoms with van der Waals surface area (Å²) in [5.74, 6) is 0.150. The molecule has 0 aromatic rings. The topological polar surface area (TPSA) is 101 Å². The highest BCUT2D eigenvalue weighted by atomic mass is 16.2. The molecule has 1 heterocycles. The summed E-state index contributed by atoms with van der Waals surface area (Å²) in [5.41, 5.74) is 10.5. The molecule has 0 aromatic heterocycles. The molecule has 19 heavy (non-hydrogen) atoms. The number of likely N-dealkylation sites (tertiary alicyclic amines) is 1. The van der Waals surface area contributed by atoms with Crippen LogP contribution in [0.1, 0.15) is 39.5 Å². The number of amides is 3. The van der Waals surface area contributed by atoms with Crippen molar-refractivity contribution in [1.82, 2.24) is 10.2 Å². The molecule has 6 heteroatoms. The third-order valence-electron chi connectivity index (χ3n) is 4.33. The summed E-state index contributed by atoms with van der Waals surface area (Å²) in [6, 6.07) is -0.416. The second kappa shape index (κ2) is 6.75. The van der Waals surface area contributed by atoms with Crippen molar-refractivity contribution in [3.05, 3.63) is 0 Å².